The Labute approximate surface area is 197 Å². The zero-order valence-electron chi connectivity index (χ0n) is 18.1. The highest BCUT2D eigenvalue weighted by Gasteiger charge is 2.08. The third kappa shape index (κ3) is 7.97. The fourth-order valence-corrected chi connectivity index (χ4v) is 3.50. The van der Waals surface area contributed by atoms with Crippen molar-refractivity contribution < 1.29 is 19.1 Å². The highest BCUT2D eigenvalue weighted by molar-refractivity contribution is 8.00. The van der Waals surface area contributed by atoms with E-state index in [-0.39, 0.29) is 17.6 Å². The highest BCUT2D eigenvalue weighted by Crippen LogP contribution is 2.21. The number of hydrogen-bond donors (Lipinski definition) is 2. The topological polar surface area (TPSA) is 84.5 Å². The minimum absolute atomic E-state index is 0.160. The van der Waals surface area contributed by atoms with Gasteiger partial charge in [0, 0.05) is 22.3 Å². The molecule has 3 rings (SSSR count). The quantitative estimate of drug-likeness (QED) is 0.259. The van der Waals surface area contributed by atoms with Crippen LogP contribution in [-0.4, -0.2) is 30.1 Å². The van der Waals surface area contributed by atoms with Crippen LogP contribution in [0.15, 0.2) is 89.8 Å². The Morgan fingerprint density at radius 2 is 1.48 bits per heavy atom. The number of carbonyl (C=O) groups is 3. The summed E-state index contributed by atoms with van der Waals surface area (Å²) in [6.07, 6.45) is 3.24. The van der Waals surface area contributed by atoms with Crippen LogP contribution in [0.25, 0.3) is 6.08 Å². The van der Waals surface area contributed by atoms with Crippen molar-refractivity contribution in [3.63, 3.8) is 0 Å². The number of nitrogens with one attached hydrogen (secondary N) is 2. The van der Waals surface area contributed by atoms with Crippen molar-refractivity contribution in [2.75, 3.05) is 23.0 Å². The number of carbonyl (C=O) groups excluding carboxylic acids is 3. The Bertz CT molecular complexity index is 1110. The van der Waals surface area contributed by atoms with Crippen molar-refractivity contribution in [1.82, 2.24) is 0 Å². The summed E-state index contributed by atoms with van der Waals surface area (Å²) in [6, 6.07) is 23.4. The normalized spacial score (nSPS) is 10.6. The molecule has 2 amide bonds. The van der Waals surface area contributed by atoms with Crippen molar-refractivity contribution in [1.29, 1.82) is 0 Å². The van der Waals surface area contributed by atoms with Gasteiger partial charge >= 0.3 is 5.97 Å². The van der Waals surface area contributed by atoms with Crippen LogP contribution < -0.4 is 10.6 Å². The van der Waals surface area contributed by atoms with Gasteiger partial charge < -0.3 is 15.4 Å². The van der Waals surface area contributed by atoms with Gasteiger partial charge in [0.2, 0.25) is 11.8 Å². The molecule has 0 spiro atoms. The van der Waals surface area contributed by atoms with Gasteiger partial charge in [-0.3, -0.25) is 9.59 Å². The molecule has 2 N–H and O–H groups in total. The lowest BCUT2D eigenvalue weighted by molar-refractivity contribution is -0.114. The summed E-state index contributed by atoms with van der Waals surface area (Å²) in [5, 5.41) is 5.61. The van der Waals surface area contributed by atoms with E-state index >= 15 is 0 Å². The predicted molar refractivity (Wildman–Crippen MR) is 132 cm³/mol. The van der Waals surface area contributed by atoms with E-state index in [9.17, 15) is 14.4 Å². The molecule has 0 aliphatic heterocycles. The molecule has 0 radical (unpaired) electrons. The van der Waals surface area contributed by atoms with E-state index in [2.05, 4.69) is 10.6 Å². The number of thioether (sulfide) groups is 1. The Balaban J connectivity index is 1.44. The van der Waals surface area contributed by atoms with Crippen LogP contribution in [0, 0.1) is 0 Å². The average molecular weight is 461 g/mol. The predicted octanol–water partition coefficient (Wildman–Crippen LogP) is 5.25. The van der Waals surface area contributed by atoms with Crippen molar-refractivity contribution in [3.05, 3.63) is 96.1 Å². The van der Waals surface area contributed by atoms with Crippen molar-refractivity contribution >= 4 is 47.0 Å². The van der Waals surface area contributed by atoms with Gasteiger partial charge in [0.25, 0.3) is 0 Å². The Morgan fingerprint density at radius 3 is 2.15 bits per heavy atom. The van der Waals surface area contributed by atoms with Gasteiger partial charge in [0.1, 0.15) is 0 Å². The van der Waals surface area contributed by atoms with Crippen molar-refractivity contribution in [2.45, 2.75) is 11.8 Å². The number of ether oxygens (including phenoxy) is 1. The maximum absolute atomic E-state index is 12.2. The molecular formula is C26H24N2O4S. The standard InChI is InChI=1S/C26H24N2O4S/c1-2-32-26(31)20-9-11-21(12-10-20)28-25(30)18-33-23-15-13-22(14-16-23)27-24(29)17-8-19-6-4-3-5-7-19/h3-17H,2,18H2,1H3,(H,27,29)(H,28,30)/b17-8+. The van der Waals surface area contributed by atoms with Crippen LogP contribution in [0.2, 0.25) is 0 Å². The summed E-state index contributed by atoms with van der Waals surface area (Å²) in [5.74, 6) is -0.539. The van der Waals surface area contributed by atoms with Crippen LogP contribution in [0.5, 0.6) is 0 Å². The first-order chi connectivity index (χ1) is 16.0. The Kier molecular flexibility index (Phi) is 8.85. The van der Waals surface area contributed by atoms with Crippen LogP contribution in [0.4, 0.5) is 11.4 Å². The molecule has 0 aromatic heterocycles. The zero-order chi connectivity index (χ0) is 23.5. The minimum atomic E-state index is -0.391. The lowest BCUT2D eigenvalue weighted by Crippen LogP contribution is -2.14. The number of amides is 2. The van der Waals surface area contributed by atoms with E-state index in [4.69, 9.17) is 4.74 Å². The molecule has 0 heterocycles. The van der Waals surface area contributed by atoms with Crippen LogP contribution >= 0.6 is 11.8 Å². The smallest absolute Gasteiger partial charge is 0.338 e. The zero-order valence-corrected chi connectivity index (χ0v) is 18.9. The van der Waals surface area contributed by atoms with Gasteiger partial charge in [-0.25, -0.2) is 4.79 Å². The van der Waals surface area contributed by atoms with Gasteiger partial charge in [-0.15, -0.1) is 11.8 Å². The molecule has 33 heavy (non-hydrogen) atoms. The second-order valence-electron chi connectivity index (χ2n) is 6.89. The van der Waals surface area contributed by atoms with Gasteiger partial charge in [0.05, 0.1) is 17.9 Å². The Hall–Kier alpha value is -3.84. The molecule has 3 aromatic rings. The maximum atomic E-state index is 12.2. The Morgan fingerprint density at radius 1 is 0.848 bits per heavy atom. The molecule has 0 atom stereocenters. The van der Waals surface area contributed by atoms with Crippen LogP contribution in [-0.2, 0) is 14.3 Å². The summed E-state index contributed by atoms with van der Waals surface area (Å²) in [5.41, 5.74) is 2.67. The fourth-order valence-electron chi connectivity index (χ4n) is 2.80. The lowest BCUT2D eigenvalue weighted by atomic mass is 10.2. The monoisotopic (exact) mass is 460 g/mol. The van der Waals surface area contributed by atoms with Gasteiger partial charge in [-0.2, -0.15) is 0 Å². The van der Waals surface area contributed by atoms with E-state index in [0.29, 0.717) is 23.5 Å². The number of rotatable bonds is 9. The van der Waals surface area contributed by atoms with Crippen molar-refractivity contribution in [3.8, 4) is 0 Å². The highest BCUT2D eigenvalue weighted by atomic mass is 32.2. The lowest BCUT2D eigenvalue weighted by Gasteiger charge is -2.07. The number of anilines is 2. The molecule has 0 unspecified atom stereocenters. The number of hydrogen-bond acceptors (Lipinski definition) is 5. The molecule has 0 aliphatic carbocycles. The molecule has 168 valence electrons. The molecule has 0 bridgehead atoms. The first-order valence-corrected chi connectivity index (χ1v) is 11.4. The maximum Gasteiger partial charge on any atom is 0.338 e. The third-order valence-electron chi connectivity index (χ3n) is 4.40. The SMILES string of the molecule is CCOC(=O)c1ccc(NC(=O)CSc2ccc(NC(=O)/C=C/c3ccccc3)cc2)cc1. The summed E-state index contributed by atoms with van der Waals surface area (Å²) in [7, 11) is 0. The molecule has 6 nitrogen and oxygen atoms in total. The number of esters is 1. The second-order valence-corrected chi connectivity index (χ2v) is 7.94. The second kappa shape index (κ2) is 12.3. The van der Waals surface area contributed by atoms with E-state index in [1.54, 1.807) is 49.4 Å². The third-order valence-corrected chi connectivity index (χ3v) is 5.41. The van der Waals surface area contributed by atoms with E-state index in [1.165, 1.54) is 17.8 Å². The molecule has 0 fully saturated rings. The largest absolute Gasteiger partial charge is 0.462 e. The first-order valence-electron chi connectivity index (χ1n) is 10.4. The van der Waals surface area contributed by atoms with Gasteiger partial charge in [-0.05, 0) is 67.1 Å². The first kappa shape index (κ1) is 23.8. The van der Waals surface area contributed by atoms with Crippen LogP contribution in [0.3, 0.4) is 0 Å². The number of benzene rings is 3. The summed E-state index contributed by atoms with van der Waals surface area (Å²) < 4.78 is 4.94. The van der Waals surface area contributed by atoms with Crippen LogP contribution in [0.1, 0.15) is 22.8 Å². The van der Waals surface area contributed by atoms with E-state index in [0.717, 1.165) is 10.5 Å². The molecular weight excluding hydrogens is 436 g/mol. The van der Waals surface area contributed by atoms with Crippen molar-refractivity contribution in [2.24, 2.45) is 0 Å². The molecule has 0 saturated heterocycles. The van der Waals surface area contributed by atoms with Gasteiger partial charge in [-0.1, -0.05) is 30.3 Å². The summed E-state index contributed by atoms with van der Waals surface area (Å²) in [6.45, 7) is 2.06. The van der Waals surface area contributed by atoms with E-state index in [1.807, 2.05) is 42.5 Å². The van der Waals surface area contributed by atoms with Gasteiger partial charge in [0.15, 0.2) is 0 Å². The summed E-state index contributed by atoms with van der Waals surface area (Å²) in [4.78, 5) is 36.9. The molecule has 0 aliphatic rings. The fraction of sp³-hybridized carbons (Fsp3) is 0.115. The molecule has 3 aromatic carbocycles. The van der Waals surface area contributed by atoms with E-state index < -0.39 is 5.97 Å². The minimum Gasteiger partial charge on any atom is -0.462 e. The summed E-state index contributed by atoms with van der Waals surface area (Å²) >= 11 is 1.38. The average Bonchev–Trinajstić information content (AvgIpc) is 2.83. The molecule has 0 saturated carbocycles. The molecule has 7 heteroatoms.